The van der Waals surface area contributed by atoms with Crippen LogP contribution in [-0.2, 0) is 25.5 Å². The Kier molecular flexibility index (Phi) is 19.2. The molecule has 1 atom stereocenters. The third kappa shape index (κ3) is 17.0. The van der Waals surface area contributed by atoms with E-state index in [4.69, 9.17) is 9.47 Å². The van der Waals surface area contributed by atoms with Gasteiger partial charge < -0.3 is 24.8 Å². The third-order valence-corrected chi connectivity index (χ3v) is 6.70. The number of hydrogen-bond donors (Lipinski definition) is 2. The van der Waals surface area contributed by atoms with Crippen molar-refractivity contribution in [3.8, 4) is 5.75 Å². The number of ether oxygens (including phenoxy) is 2. The Hall–Kier alpha value is -2.87. The number of anilines is 1. The van der Waals surface area contributed by atoms with E-state index in [2.05, 4.69) is 18.3 Å². The monoisotopic (exact) mass is 560 g/mol. The number of esters is 1. The van der Waals surface area contributed by atoms with Gasteiger partial charge in [0.1, 0.15) is 5.75 Å². The van der Waals surface area contributed by atoms with Crippen molar-refractivity contribution in [2.45, 2.75) is 109 Å². The van der Waals surface area contributed by atoms with Crippen molar-refractivity contribution in [1.29, 1.82) is 0 Å². The predicted octanol–water partition coefficient (Wildman–Crippen LogP) is 6.21. The highest BCUT2D eigenvalue weighted by atomic mass is 16.5. The number of hydrogen-bond acceptors (Lipinski definition) is 6. The summed E-state index contributed by atoms with van der Waals surface area (Å²) in [5.41, 5.74) is 1.45. The number of aliphatic hydroxyl groups excluding tert-OH is 1. The van der Waals surface area contributed by atoms with Gasteiger partial charge in [0.15, 0.2) is 0 Å². The molecule has 0 aliphatic rings. The molecule has 226 valence electrons. The van der Waals surface area contributed by atoms with Crippen LogP contribution < -0.4 is 10.1 Å². The van der Waals surface area contributed by atoms with Crippen molar-refractivity contribution < 1.29 is 29.0 Å². The van der Waals surface area contributed by atoms with Crippen LogP contribution in [0, 0.1) is 0 Å². The van der Waals surface area contributed by atoms with Crippen molar-refractivity contribution in [1.82, 2.24) is 4.90 Å². The number of nitrogens with zero attached hydrogens (tertiary/aromatic N) is 1. The predicted molar refractivity (Wildman–Crippen MR) is 160 cm³/mol. The van der Waals surface area contributed by atoms with Gasteiger partial charge in [0, 0.05) is 39.0 Å². The zero-order valence-electron chi connectivity index (χ0n) is 25.2. The van der Waals surface area contributed by atoms with Crippen LogP contribution >= 0.6 is 0 Å². The quantitative estimate of drug-likeness (QED) is 0.0993. The zero-order valence-corrected chi connectivity index (χ0v) is 25.2. The summed E-state index contributed by atoms with van der Waals surface area (Å²) < 4.78 is 10.8. The first kappa shape index (κ1) is 35.2. The summed E-state index contributed by atoms with van der Waals surface area (Å²) in [5.74, 6) is 0.209. The minimum Gasteiger partial charge on any atom is -0.493 e. The summed E-state index contributed by atoms with van der Waals surface area (Å²) in [6.07, 6.45) is 16.2. The van der Waals surface area contributed by atoms with Crippen molar-refractivity contribution in [3.63, 3.8) is 0 Å². The molecular formula is C32H52N2O6. The average molecular weight is 561 g/mol. The van der Waals surface area contributed by atoms with Crippen molar-refractivity contribution in [2.75, 3.05) is 33.1 Å². The summed E-state index contributed by atoms with van der Waals surface area (Å²) in [7, 11) is 4.76. The lowest BCUT2D eigenvalue weighted by Crippen LogP contribution is -2.21. The number of amides is 2. The van der Waals surface area contributed by atoms with Crippen molar-refractivity contribution in [2.24, 2.45) is 0 Å². The lowest BCUT2D eigenvalue weighted by molar-refractivity contribution is -0.140. The second kappa shape index (κ2) is 21.9. The van der Waals surface area contributed by atoms with Crippen LogP contribution in [0.25, 0.3) is 0 Å². The van der Waals surface area contributed by atoms with Gasteiger partial charge in [0.05, 0.1) is 19.8 Å². The molecule has 0 heterocycles. The molecule has 0 fully saturated rings. The molecule has 8 nitrogen and oxygen atoms in total. The molecule has 0 radical (unpaired) electrons. The summed E-state index contributed by atoms with van der Waals surface area (Å²) in [4.78, 5) is 37.3. The van der Waals surface area contributed by atoms with Crippen LogP contribution in [0.5, 0.6) is 5.75 Å². The molecule has 2 amide bonds. The van der Waals surface area contributed by atoms with Gasteiger partial charge in [-0.2, -0.15) is 0 Å². The summed E-state index contributed by atoms with van der Waals surface area (Å²) in [6, 6.07) is 5.43. The molecule has 0 saturated heterocycles. The van der Waals surface area contributed by atoms with Crippen LogP contribution in [-0.4, -0.2) is 61.7 Å². The number of aliphatic hydroxyl groups is 1. The molecule has 1 aromatic carbocycles. The Morgan fingerprint density at radius 2 is 1.73 bits per heavy atom. The molecule has 1 aromatic rings. The number of allylic oxidation sites excluding steroid dienone is 1. The fourth-order valence-corrected chi connectivity index (χ4v) is 4.21. The fourth-order valence-electron chi connectivity index (χ4n) is 4.21. The Labute approximate surface area is 241 Å². The number of rotatable bonds is 22. The number of unbranched alkanes of at least 4 members (excludes halogenated alkanes) is 7. The number of carbonyl (C=O) groups is 3. The highest BCUT2D eigenvalue weighted by Crippen LogP contribution is 2.25. The Balaban J connectivity index is 2.47. The van der Waals surface area contributed by atoms with Gasteiger partial charge in [-0.25, -0.2) is 0 Å². The maximum absolute atomic E-state index is 12.3. The Morgan fingerprint density at radius 3 is 2.45 bits per heavy atom. The molecule has 2 N–H and O–H groups in total. The maximum Gasteiger partial charge on any atom is 0.305 e. The highest BCUT2D eigenvalue weighted by Gasteiger charge is 2.12. The molecule has 1 rings (SSSR count). The van der Waals surface area contributed by atoms with Crippen LogP contribution in [0.4, 0.5) is 5.69 Å². The van der Waals surface area contributed by atoms with Gasteiger partial charge in [-0.3, -0.25) is 14.4 Å². The van der Waals surface area contributed by atoms with Crippen LogP contribution in [0.2, 0.25) is 0 Å². The molecule has 0 aromatic heterocycles. The molecular weight excluding hydrogens is 508 g/mol. The molecule has 0 spiro atoms. The first-order valence-electron chi connectivity index (χ1n) is 14.9. The normalized spacial score (nSPS) is 11.8. The van der Waals surface area contributed by atoms with E-state index in [9.17, 15) is 19.5 Å². The van der Waals surface area contributed by atoms with Crippen LogP contribution in [0.15, 0.2) is 30.4 Å². The smallest absolute Gasteiger partial charge is 0.305 e. The van der Waals surface area contributed by atoms with E-state index in [0.29, 0.717) is 37.3 Å². The summed E-state index contributed by atoms with van der Waals surface area (Å²) in [5, 5.41) is 13.0. The number of methoxy groups -OCH3 is 1. The number of carbonyl (C=O) groups excluding carboxylic acids is 3. The zero-order chi connectivity index (χ0) is 29.6. The van der Waals surface area contributed by atoms with E-state index in [-0.39, 0.29) is 36.7 Å². The maximum atomic E-state index is 12.3. The van der Waals surface area contributed by atoms with Crippen molar-refractivity contribution in [3.05, 3.63) is 35.9 Å². The van der Waals surface area contributed by atoms with Gasteiger partial charge in [0.25, 0.3) is 0 Å². The number of aryl methyl sites for hydroxylation is 1. The Bertz CT molecular complexity index is 899. The topological polar surface area (TPSA) is 105 Å². The van der Waals surface area contributed by atoms with Gasteiger partial charge in [-0.1, -0.05) is 57.6 Å². The van der Waals surface area contributed by atoms with E-state index in [1.165, 1.54) is 44.1 Å². The molecule has 1 unspecified atom stereocenters. The van der Waals surface area contributed by atoms with E-state index in [1.807, 2.05) is 18.2 Å². The lowest BCUT2D eigenvalue weighted by atomic mass is 10.1. The van der Waals surface area contributed by atoms with Crippen LogP contribution in [0.1, 0.15) is 102 Å². The molecule has 40 heavy (non-hydrogen) atoms. The first-order valence-corrected chi connectivity index (χ1v) is 14.9. The second-order valence-electron chi connectivity index (χ2n) is 10.5. The van der Waals surface area contributed by atoms with Gasteiger partial charge in [-0.05, 0) is 62.3 Å². The largest absolute Gasteiger partial charge is 0.493 e. The average Bonchev–Trinajstić information content (AvgIpc) is 2.93. The molecule has 8 heteroatoms. The SMILES string of the molecule is CCCCCCCCC(O)/C=C/CCCCOc1ccc(NC(=O)CCCC(=O)N(C)C)cc1CCC(=O)OC. The van der Waals surface area contributed by atoms with Crippen LogP contribution in [0.3, 0.4) is 0 Å². The van der Waals surface area contributed by atoms with Gasteiger partial charge in [0.2, 0.25) is 11.8 Å². The minimum absolute atomic E-state index is 0.00323. The van der Waals surface area contributed by atoms with E-state index >= 15 is 0 Å². The van der Waals surface area contributed by atoms with E-state index in [1.54, 1.807) is 20.2 Å². The van der Waals surface area contributed by atoms with Gasteiger partial charge >= 0.3 is 5.97 Å². The molecule has 0 saturated carbocycles. The third-order valence-electron chi connectivity index (χ3n) is 6.70. The summed E-state index contributed by atoms with van der Waals surface area (Å²) in [6.45, 7) is 2.75. The second-order valence-corrected chi connectivity index (χ2v) is 10.5. The molecule has 0 aliphatic carbocycles. The first-order chi connectivity index (χ1) is 19.3. The Morgan fingerprint density at radius 1 is 0.975 bits per heavy atom. The highest BCUT2D eigenvalue weighted by molar-refractivity contribution is 5.91. The number of nitrogens with one attached hydrogen (secondary N) is 1. The molecule has 0 bridgehead atoms. The number of benzene rings is 1. The minimum atomic E-state index is -0.362. The van der Waals surface area contributed by atoms with Crippen molar-refractivity contribution >= 4 is 23.5 Å². The van der Waals surface area contributed by atoms with E-state index < -0.39 is 0 Å². The van der Waals surface area contributed by atoms with E-state index in [0.717, 1.165) is 37.7 Å². The molecule has 0 aliphatic heterocycles. The lowest BCUT2D eigenvalue weighted by Gasteiger charge is -2.14. The van der Waals surface area contributed by atoms with Gasteiger partial charge in [-0.15, -0.1) is 0 Å². The summed E-state index contributed by atoms with van der Waals surface area (Å²) >= 11 is 0. The fraction of sp³-hybridized carbons (Fsp3) is 0.656. The standard InChI is InChI=1S/C32H52N2O6/c1-5-6-7-8-9-12-16-28(35)17-13-10-11-14-24-40-29-22-21-27(25-26(29)20-23-32(38)39-4)33-30(36)18-15-19-31(37)34(2)3/h13,17,21-22,25,28,35H,5-12,14-16,18-20,23-24H2,1-4H3,(H,33,36)/b17-13+.